The molecular formula is C12H11ClN4O3. The van der Waals surface area contributed by atoms with Crippen molar-refractivity contribution in [3.63, 3.8) is 0 Å². The maximum absolute atomic E-state index is 12.0. The Kier molecular flexibility index (Phi) is 4.02. The number of anilines is 1. The Labute approximate surface area is 118 Å². The Hall–Kier alpha value is -2.38. The number of hydrazine groups is 1. The molecule has 0 saturated carbocycles. The minimum absolute atomic E-state index is 0.0899. The molecule has 0 amide bonds. The summed E-state index contributed by atoms with van der Waals surface area (Å²) in [7, 11) is 1.21. The first-order valence-electron chi connectivity index (χ1n) is 5.52. The fraction of sp³-hybridized carbons (Fsp3) is 0.0833. The molecule has 1 heterocycles. The molecule has 3 N–H and O–H groups in total. The Morgan fingerprint density at radius 3 is 2.60 bits per heavy atom. The monoisotopic (exact) mass is 294 g/mol. The fourth-order valence-electron chi connectivity index (χ4n) is 1.58. The van der Waals surface area contributed by atoms with Gasteiger partial charge in [0, 0.05) is 11.1 Å². The number of aromatic nitrogens is 2. The standard InChI is InChI=1S/C12H11ClN4O3/c1-20-12(19)11-9(15-14)6-10(18)17(16-11)8-4-2-7(13)3-5-8/h2-6,15H,14H2,1H3. The van der Waals surface area contributed by atoms with Crippen LogP contribution in [0.1, 0.15) is 10.5 Å². The summed E-state index contributed by atoms with van der Waals surface area (Å²) in [6.45, 7) is 0. The lowest BCUT2D eigenvalue weighted by atomic mass is 10.3. The molecule has 0 aliphatic carbocycles. The number of carbonyl (C=O) groups is 1. The van der Waals surface area contributed by atoms with Crippen LogP contribution >= 0.6 is 11.6 Å². The van der Waals surface area contributed by atoms with Gasteiger partial charge in [0.05, 0.1) is 18.5 Å². The van der Waals surface area contributed by atoms with E-state index < -0.39 is 11.5 Å². The number of rotatable bonds is 3. The van der Waals surface area contributed by atoms with Crippen molar-refractivity contribution in [3.8, 4) is 5.69 Å². The number of nitrogen functional groups attached to an aromatic ring is 1. The summed E-state index contributed by atoms with van der Waals surface area (Å²) in [6, 6.07) is 7.59. The van der Waals surface area contributed by atoms with Crippen molar-refractivity contribution in [2.75, 3.05) is 12.5 Å². The highest BCUT2D eigenvalue weighted by Gasteiger charge is 2.17. The van der Waals surface area contributed by atoms with E-state index >= 15 is 0 Å². The van der Waals surface area contributed by atoms with E-state index in [0.717, 1.165) is 10.7 Å². The van der Waals surface area contributed by atoms with Crippen LogP contribution < -0.4 is 16.8 Å². The van der Waals surface area contributed by atoms with E-state index in [1.807, 2.05) is 0 Å². The molecule has 0 bridgehead atoms. The van der Waals surface area contributed by atoms with Crippen LogP contribution in [0.2, 0.25) is 5.02 Å². The van der Waals surface area contributed by atoms with Crippen molar-refractivity contribution in [1.29, 1.82) is 0 Å². The van der Waals surface area contributed by atoms with Crippen molar-refractivity contribution in [2.24, 2.45) is 5.84 Å². The number of nitrogens with zero attached hydrogens (tertiary/aromatic N) is 2. The van der Waals surface area contributed by atoms with Crippen LogP contribution in [0, 0.1) is 0 Å². The maximum Gasteiger partial charge on any atom is 0.360 e. The number of nitrogens with two attached hydrogens (primary N) is 1. The largest absolute Gasteiger partial charge is 0.464 e. The molecule has 7 nitrogen and oxygen atoms in total. The molecule has 8 heteroatoms. The number of nitrogens with one attached hydrogen (secondary N) is 1. The van der Waals surface area contributed by atoms with Crippen LogP contribution in [0.4, 0.5) is 5.69 Å². The van der Waals surface area contributed by atoms with Crippen molar-refractivity contribution in [3.05, 3.63) is 51.4 Å². The minimum Gasteiger partial charge on any atom is -0.464 e. The topological polar surface area (TPSA) is 99.2 Å². The van der Waals surface area contributed by atoms with E-state index in [0.29, 0.717) is 10.7 Å². The first-order chi connectivity index (χ1) is 9.56. The number of benzene rings is 1. The molecule has 0 unspecified atom stereocenters. The third-order valence-electron chi connectivity index (χ3n) is 2.54. The maximum atomic E-state index is 12.0. The summed E-state index contributed by atoms with van der Waals surface area (Å²) in [6.07, 6.45) is 0. The SMILES string of the molecule is COC(=O)c1nn(-c2ccc(Cl)cc2)c(=O)cc1NN. The third kappa shape index (κ3) is 2.63. The number of hydrogen-bond acceptors (Lipinski definition) is 6. The van der Waals surface area contributed by atoms with E-state index in [1.54, 1.807) is 24.3 Å². The molecule has 0 radical (unpaired) electrons. The molecular weight excluding hydrogens is 284 g/mol. The highest BCUT2D eigenvalue weighted by atomic mass is 35.5. The number of esters is 1. The van der Waals surface area contributed by atoms with Crippen molar-refractivity contribution < 1.29 is 9.53 Å². The number of hydrogen-bond donors (Lipinski definition) is 2. The van der Waals surface area contributed by atoms with Gasteiger partial charge in [-0.05, 0) is 24.3 Å². The first-order valence-corrected chi connectivity index (χ1v) is 5.90. The van der Waals surface area contributed by atoms with Gasteiger partial charge in [-0.25, -0.2) is 4.79 Å². The lowest BCUT2D eigenvalue weighted by Crippen LogP contribution is -2.26. The zero-order valence-electron chi connectivity index (χ0n) is 10.5. The summed E-state index contributed by atoms with van der Waals surface area (Å²) in [5.41, 5.74) is 2.25. The van der Waals surface area contributed by atoms with Crippen LogP contribution in [0.15, 0.2) is 35.1 Å². The van der Waals surface area contributed by atoms with Crippen LogP contribution in [0.3, 0.4) is 0 Å². The van der Waals surface area contributed by atoms with Crippen LogP contribution in [0.5, 0.6) is 0 Å². The number of methoxy groups -OCH3 is 1. The molecule has 0 spiro atoms. The van der Waals surface area contributed by atoms with Gasteiger partial charge in [-0.1, -0.05) is 11.6 Å². The Morgan fingerprint density at radius 2 is 2.05 bits per heavy atom. The lowest BCUT2D eigenvalue weighted by molar-refractivity contribution is 0.0593. The van der Waals surface area contributed by atoms with Crippen LogP contribution in [0.25, 0.3) is 5.69 Å². The predicted octanol–water partition coefficient (Wildman–Crippen LogP) is 0.958. The minimum atomic E-state index is -0.708. The number of ether oxygens (including phenoxy) is 1. The van der Waals surface area contributed by atoms with E-state index in [2.05, 4.69) is 15.3 Å². The van der Waals surface area contributed by atoms with Crippen molar-refractivity contribution in [1.82, 2.24) is 9.78 Å². The van der Waals surface area contributed by atoms with Gasteiger partial charge in [0.15, 0.2) is 5.69 Å². The first kappa shape index (κ1) is 14.0. The second-order valence-electron chi connectivity index (χ2n) is 3.77. The van der Waals surface area contributed by atoms with Gasteiger partial charge >= 0.3 is 5.97 Å². The number of halogens is 1. The summed E-state index contributed by atoms with van der Waals surface area (Å²) in [5.74, 6) is 4.55. The van der Waals surface area contributed by atoms with Gasteiger partial charge in [-0.2, -0.15) is 9.78 Å². The Bertz CT molecular complexity index is 697. The van der Waals surface area contributed by atoms with Gasteiger partial charge in [0.1, 0.15) is 0 Å². The van der Waals surface area contributed by atoms with Gasteiger partial charge < -0.3 is 10.2 Å². The number of carbonyl (C=O) groups excluding carboxylic acids is 1. The Morgan fingerprint density at radius 1 is 1.40 bits per heavy atom. The summed E-state index contributed by atoms with van der Waals surface area (Å²) >= 11 is 5.78. The van der Waals surface area contributed by atoms with Gasteiger partial charge in [0.25, 0.3) is 5.56 Å². The third-order valence-corrected chi connectivity index (χ3v) is 2.79. The average Bonchev–Trinajstić information content (AvgIpc) is 2.47. The molecule has 1 aromatic heterocycles. The molecule has 0 aliphatic heterocycles. The molecule has 1 aromatic carbocycles. The van der Waals surface area contributed by atoms with E-state index in [-0.39, 0.29) is 11.4 Å². The molecule has 20 heavy (non-hydrogen) atoms. The van der Waals surface area contributed by atoms with Crippen molar-refractivity contribution >= 4 is 23.3 Å². The summed E-state index contributed by atoms with van der Waals surface area (Å²) in [4.78, 5) is 23.6. The highest BCUT2D eigenvalue weighted by molar-refractivity contribution is 6.30. The second-order valence-corrected chi connectivity index (χ2v) is 4.21. The summed E-state index contributed by atoms with van der Waals surface area (Å²) in [5, 5.41) is 4.48. The molecule has 0 saturated heterocycles. The van der Waals surface area contributed by atoms with Crippen LogP contribution in [-0.2, 0) is 4.74 Å². The quantitative estimate of drug-likeness (QED) is 0.497. The lowest BCUT2D eigenvalue weighted by Gasteiger charge is -2.10. The Balaban J connectivity index is 2.62. The molecule has 0 atom stereocenters. The normalized spacial score (nSPS) is 10.2. The zero-order chi connectivity index (χ0) is 14.7. The van der Waals surface area contributed by atoms with Crippen molar-refractivity contribution in [2.45, 2.75) is 0 Å². The molecule has 0 aliphatic rings. The fourth-order valence-corrected chi connectivity index (χ4v) is 1.71. The molecule has 0 fully saturated rings. The molecule has 2 rings (SSSR count). The zero-order valence-corrected chi connectivity index (χ0v) is 11.2. The second kappa shape index (κ2) is 5.72. The molecule has 2 aromatic rings. The predicted molar refractivity (Wildman–Crippen MR) is 74.0 cm³/mol. The highest BCUT2D eigenvalue weighted by Crippen LogP contribution is 2.14. The van der Waals surface area contributed by atoms with Gasteiger partial charge in [-0.15, -0.1) is 0 Å². The van der Waals surface area contributed by atoms with Gasteiger partial charge in [0.2, 0.25) is 0 Å². The van der Waals surface area contributed by atoms with E-state index in [1.165, 1.54) is 7.11 Å². The smallest absolute Gasteiger partial charge is 0.360 e. The molecule has 104 valence electrons. The van der Waals surface area contributed by atoms with Gasteiger partial charge in [-0.3, -0.25) is 10.6 Å². The van der Waals surface area contributed by atoms with E-state index in [4.69, 9.17) is 17.4 Å². The summed E-state index contributed by atoms with van der Waals surface area (Å²) < 4.78 is 5.65. The van der Waals surface area contributed by atoms with E-state index in [9.17, 15) is 9.59 Å². The van der Waals surface area contributed by atoms with Crippen LogP contribution in [-0.4, -0.2) is 22.9 Å². The average molecular weight is 295 g/mol.